The highest BCUT2D eigenvalue weighted by atomic mass is 15.3. The van der Waals surface area contributed by atoms with E-state index in [-0.39, 0.29) is 5.41 Å². The van der Waals surface area contributed by atoms with E-state index in [4.69, 9.17) is 0 Å². The summed E-state index contributed by atoms with van der Waals surface area (Å²) in [7, 11) is 0. The fraction of sp³-hybridized carbons (Fsp3) is 0.455. The third kappa shape index (κ3) is 1.29. The maximum Gasteiger partial charge on any atom is 0.153 e. The van der Waals surface area contributed by atoms with E-state index in [1.54, 1.807) is 6.20 Å². The topological polar surface area (TPSA) is 30.2 Å². The van der Waals surface area contributed by atoms with Crippen molar-refractivity contribution in [2.75, 3.05) is 0 Å². The summed E-state index contributed by atoms with van der Waals surface area (Å²) in [6.45, 7) is 6.61. The Kier molecular flexibility index (Phi) is 2.02. The van der Waals surface area contributed by atoms with Gasteiger partial charge in [0.15, 0.2) is 5.65 Å². The summed E-state index contributed by atoms with van der Waals surface area (Å²) in [5.74, 6) is 0. The Morgan fingerprint density at radius 1 is 1.43 bits per heavy atom. The van der Waals surface area contributed by atoms with Crippen molar-refractivity contribution in [1.29, 1.82) is 0 Å². The number of fused-ring (bicyclic) bond motifs is 1. The summed E-state index contributed by atoms with van der Waals surface area (Å²) in [6.07, 6.45) is 4.80. The summed E-state index contributed by atoms with van der Waals surface area (Å²) in [5.41, 5.74) is 2.23. The Hall–Kier alpha value is -1.38. The lowest BCUT2D eigenvalue weighted by Gasteiger charge is -2.21. The third-order valence-corrected chi connectivity index (χ3v) is 2.86. The van der Waals surface area contributed by atoms with Gasteiger partial charge in [-0.25, -0.2) is 9.50 Å². The zero-order valence-corrected chi connectivity index (χ0v) is 8.86. The quantitative estimate of drug-likeness (QED) is 0.726. The molecule has 0 saturated heterocycles. The van der Waals surface area contributed by atoms with Crippen LogP contribution in [-0.2, 0) is 5.41 Å². The standard InChI is InChI=1S/C11H15N3/c1-4-11(2,3)9-8-12-10-6-5-7-13-14(9)10/h5-8H,4H2,1-3H3. The number of nitrogens with zero attached hydrogens (tertiary/aromatic N) is 3. The molecule has 0 atom stereocenters. The smallest absolute Gasteiger partial charge is 0.153 e. The van der Waals surface area contributed by atoms with Gasteiger partial charge in [-0.05, 0) is 18.6 Å². The highest BCUT2D eigenvalue weighted by molar-refractivity contribution is 5.39. The molecule has 2 aromatic rings. The summed E-state index contributed by atoms with van der Waals surface area (Å²) >= 11 is 0. The van der Waals surface area contributed by atoms with Gasteiger partial charge < -0.3 is 0 Å². The van der Waals surface area contributed by atoms with Crippen LogP contribution in [0.3, 0.4) is 0 Å². The predicted molar refractivity (Wildman–Crippen MR) is 56.3 cm³/mol. The molecule has 2 heterocycles. The van der Waals surface area contributed by atoms with Crippen molar-refractivity contribution in [2.45, 2.75) is 32.6 Å². The van der Waals surface area contributed by atoms with E-state index < -0.39 is 0 Å². The van der Waals surface area contributed by atoms with Crippen LogP contribution in [0.5, 0.6) is 0 Å². The second-order valence-electron chi connectivity index (χ2n) is 4.17. The molecule has 3 nitrogen and oxygen atoms in total. The van der Waals surface area contributed by atoms with E-state index in [2.05, 4.69) is 30.9 Å². The second kappa shape index (κ2) is 3.08. The van der Waals surface area contributed by atoms with Crippen molar-refractivity contribution in [3.05, 3.63) is 30.2 Å². The van der Waals surface area contributed by atoms with Gasteiger partial charge in [-0.15, -0.1) is 0 Å². The molecule has 2 aromatic heterocycles. The van der Waals surface area contributed by atoms with Gasteiger partial charge in [-0.1, -0.05) is 20.8 Å². The molecule has 0 amide bonds. The molecule has 0 radical (unpaired) electrons. The lowest BCUT2D eigenvalue weighted by atomic mass is 9.87. The van der Waals surface area contributed by atoms with Gasteiger partial charge in [0.05, 0.1) is 11.9 Å². The van der Waals surface area contributed by atoms with E-state index in [0.717, 1.165) is 12.1 Å². The van der Waals surface area contributed by atoms with E-state index in [1.165, 1.54) is 5.69 Å². The van der Waals surface area contributed by atoms with Gasteiger partial charge in [0.25, 0.3) is 0 Å². The number of rotatable bonds is 2. The minimum absolute atomic E-state index is 0.133. The van der Waals surface area contributed by atoms with Crippen LogP contribution in [0.25, 0.3) is 5.65 Å². The molecule has 0 aliphatic carbocycles. The molecule has 14 heavy (non-hydrogen) atoms. The normalized spacial score (nSPS) is 12.2. The molecule has 0 spiro atoms. The van der Waals surface area contributed by atoms with Crippen molar-refractivity contribution >= 4 is 5.65 Å². The summed E-state index contributed by atoms with van der Waals surface area (Å²) in [6, 6.07) is 3.88. The molecular weight excluding hydrogens is 174 g/mol. The molecular formula is C11H15N3. The zero-order valence-electron chi connectivity index (χ0n) is 8.86. The molecule has 0 N–H and O–H groups in total. The molecule has 0 aliphatic heterocycles. The first kappa shape index (κ1) is 9.19. The van der Waals surface area contributed by atoms with Gasteiger partial charge in [-0.3, -0.25) is 0 Å². The summed E-state index contributed by atoms with van der Waals surface area (Å²) in [4.78, 5) is 4.33. The molecule has 0 unspecified atom stereocenters. The molecule has 74 valence electrons. The first-order valence-corrected chi connectivity index (χ1v) is 4.94. The fourth-order valence-electron chi connectivity index (χ4n) is 1.47. The van der Waals surface area contributed by atoms with Crippen LogP contribution >= 0.6 is 0 Å². The van der Waals surface area contributed by atoms with Crippen molar-refractivity contribution in [3.63, 3.8) is 0 Å². The molecule has 0 bridgehead atoms. The lowest BCUT2D eigenvalue weighted by Crippen LogP contribution is -2.18. The molecule has 0 saturated carbocycles. The van der Waals surface area contributed by atoms with Gasteiger partial charge in [0, 0.05) is 11.6 Å². The van der Waals surface area contributed by atoms with E-state index in [9.17, 15) is 0 Å². The van der Waals surface area contributed by atoms with Crippen molar-refractivity contribution in [1.82, 2.24) is 14.6 Å². The molecule has 0 aliphatic rings. The first-order valence-electron chi connectivity index (χ1n) is 4.94. The third-order valence-electron chi connectivity index (χ3n) is 2.86. The molecule has 3 heteroatoms. The monoisotopic (exact) mass is 189 g/mol. The van der Waals surface area contributed by atoms with E-state index in [1.807, 2.05) is 22.8 Å². The minimum Gasteiger partial charge on any atom is -0.235 e. The van der Waals surface area contributed by atoms with Crippen LogP contribution in [0.4, 0.5) is 0 Å². The average molecular weight is 189 g/mol. The maximum atomic E-state index is 4.33. The molecule has 0 aromatic carbocycles. The molecule has 2 rings (SSSR count). The highest BCUT2D eigenvalue weighted by Crippen LogP contribution is 2.26. The lowest BCUT2D eigenvalue weighted by molar-refractivity contribution is 0.478. The SMILES string of the molecule is CCC(C)(C)c1cnc2cccnn12. The minimum atomic E-state index is 0.133. The van der Waals surface area contributed by atoms with Crippen LogP contribution in [0.15, 0.2) is 24.5 Å². The Bertz CT molecular complexity index is 442. The largest absolute Gasteiger partial charge is 0.235 e. The van der Waals surface area contributed by atoms with Crippen LogP contribution in [-0.4, -0.2) is 14.6 Å². The van der Waals surface area contributed by atoms with Crippen molar-refractivity contribution in [3.8, 4) is 0 Å². The van der Waals surface area contributed by atoms with Gasteiger partial charge in [0.2, 0.25) is 0 Å². The molecule has 0 fully saturated rings. The Labute approximate surface area is 83.8 Å². The van der Waals surface area contributed by atoms with Gasteiger partial charge in [-0.2, -0.15) is 5.10 Å². The second-order valence-corrected chi connectivity index (χ2v) is 4.17. The van der Waals surface area contributed by atoms with Crippen LogP contribution < -0.4 is 0 Å². The number of aromatic nitrogens is 3. The summed E-state index contributed by atoms with van der Waals surface area (Å²) < 4.78 is 1.92. The van der Waals surface area contributed by atoms with Crippen LogP contribution in [0.2, 0.25) is 0 Å². The number of imidazole rings is 1. The van der Waals surface area contributed by atoms with Crippen LogP contribution in [0.1, 0.15) is 32.9 Å². The fourth-order valence-corrected chi connectivity index (χ4v) is 1.47. The Morgan fingerprint density at radius 2 is 2.21 bits per heavy atom. The number of hydrogen-bond donors (Lipinski definition) is 0. The zero-order chi connectivity index (χ0) is 10.2. The van der Waals surface area contributed by atoms with Crippen molar-refractivity contribution in [2.24, 2.45) is 0 Å². The Morgan fingerprint density at radius 3 is 2.93 bits per heavy atom. The van der Waals surface area contributed by atoms with E-state index in [0.29, 0.717) is 0 Å². The highest BCUT2D eigenvalue weighted by Gasteiger charge is 2.22. The van der Waals surface area contributed by atoms with Gasteiger partial charge >= 0.3 is 0 Å². The number of hydrogen-bond acceptors (Lipinski definition) is 2. The van der Waals surface area contributed by atoms with Crippen LogP contribution in [0, 0.1) is 0 Å². The maximum absolute atomic E-state index is 4.33. The average Bonchev–Trinajstić information content (AvgIpc) is 2.61. The summed E-state index contributed by atoms with van der Waals surface area (Å²) in [5, 5.41) is 4.31. The van der Waals surface area contributed by atoms with E-state index >= 15 is 0 Å². The van der Waals surface area contributed by atoms with Gasteiger partial charge in [0.1, 0.15) is 0 Å². The predicted octanol–water partition coefficient (Wildman–Crippen LogP) is 2.42. The van der Waals surface area contributed by atoms with Crippen molar-refractivity contribution < 1.29 is 0 Å². The first-order chi connectivity index (χ1) is 6.65. The Balaban J connectivity index is 2.64.